The molecule has 2 fully saturated rings. The van der Waals surface area contributed by atoms with E-state index < -0.39 is 10.0 Å². The molecular formula is C14H18N2O4S. The van der Waals surface area contributed by atoms with Crippen molar-refractivity contribution < 1.29 is 17.9 Å². The van der Waals surface area contributed by atoms with Crippen LogP contribution in [-0.4, -0.2) is 50.2 Å². The molecular weight excluding hydrogens is 292 g/mol. The number of anilines is 1. The van der Waals surface area contributed by atoms with Crippen molar-refractivity contribution in [2.75, 3.05) is 24.7 Å². The van der Waals surface area contributed by atoms with Crippen LogP contribution in [0.5, 0.6) is 0 Å². The number of ether oxygens (including phenoxy) is 1. The summed E-state index contributed by atoms with van der Waals surface area (Å²) in [5.41, 5.74) is 0.740. The van der Waals surface area contributed by atoms with Crippen LogP contribution >= 0.6 is 0 Å². The molecule has 2 saturated heterocycles. The molecule has 2 bridgehead atoms. The van der Waals surface area contributed by atoms with E-state index in [0.717, 1.165) is 5.69 Å². The van der Waals surface area contributed by atoms with Crippen LogP contribution in [0.25, 0.3) is 0 Å². The highest BCUT2D eigenvalue weighted by Gasteiger charge is 2.46. The minimum absolute atomic E-state index is 0.107. The van der Waals surface area contributed by atoms with Crippen molar-refractivity contribution in [2.45, 2.75) is 18.6 Å². The number of morpholine rings is 1. The van der Waals surface area contributed by atoms with Gasteiger partial charge in [0.15, 0.2) is 0 Å². The van der Waals surface area contributed by atoms with Crippen LogP contribution < -0.4 is 5.32 Å². The second-order valence-corrected chi connectivity index (χ2v) is 7.56. The predicted octanol–water partition coefficient (Wildman–Crippen LogP) is 0.674. The van der Waals surface area contributed by atoms with Gasteiger partial charge in [-0.25, -0.2) is 8.42 Å². The summed E-state index contributed by atoms with van der Waals surface area (Å²) >= 11 is 0. The Morgan fingerprint density at radius 2 is 2.00 bits per heavy atom. The molecule has 114 valence electrons. The lowest BCUT2D eigenvalue weighted by molar-refractivity contribution is -0.122. The molecule has 0 saturated carbocycles. The quantitative estimate of drug-likeness (QED) is 0.890. The first kappa shape index (κ1) is 14.5. The number of nitrogens with zero attached hydrogens (tertiary/aromatic N) is 1. The third kappa shape index (κ3) is 3.09. The Hall–Kier alpha value is -1.44. The lowest BCUT2D eigenvalue weighted by Gasteiger charge is -2.30. The van der Waals surface area contributed by atoms with Gasteiger partial charge in [-0.15, -0.1) is 0 Å². The van der Waals surface area contributed by atoms with Gasteiger partial charge >= 0.3 is 0 Å². The minimum Gasteiger partial charge on any atom is -0.371 e. The molecule has 0 aliphatic carbocycles. The minimum atomic E-state index is -3.24. The van der Waals surface area contributed by atoms with Crippen molar-refractivity contribution in [1.29, 1.82) is 0 Å². The molecule has 2 aliphatic heterocycles. The largest absolute Gasteiger partial charge is 0.371 e. The number of sulfonamides is 1. The van der Waals surface area contributed by atoms with Gasteiger partial charge in [-0.2, -0.15) is 4.31 Å². The highest BCUT2D eigenvalue weighted by atomic mass is 32.2. The topological polar surface area (TPSA) is 75.7 Å². The number of carbonyl (C=O) groups excluding carboxylic acids is 1. The smallest absolute Gasteiger partial charge is 0.230 e. The van der Waals surface area contributed by atoms with Crippen molar-refractivity contribution in [3.05, 3.63) is 30.3 Å². The summed E-state index contributed by atoms with van der Waals surface area (Å²) in [4.78, 5) is 12.4. The van der Waals surface area contributed by atoms with Gasteiger partial charge in [-0.05, 0) is 18.6 Å². The first-order valence-corrected chi connectivity index (χ1v) is 8.75. The maximum Gasteiger partial charge on any atom is 0.230 e. The average Bonchev–Trinajstić information content (AvgIpc) is 2.73. The zero-order chi connectivity index (χ0) is 15.0. The van der Waals surface area contributed by atoms with Crippen molar-refractivity contribution in [1.82, 2.24) is 4.31 Å². The number of fused-ring (bicyclic) bond motifs is 2. The van der Waals surface area contributed by atoms with Crippen LogP contribution in [0.4, 0.5) is 5.69 Å². The number of para-hydroxylation sites is 1. The van der Waals surface area contributed by atoms with E-state index in [4.69, 9.17) is 4.74 Å². The van der Waals surface area contributed by atoms with Gasteiger partial charge in [0.25, 0.3) is 0 Å². The lowest BCUT2D eigenvalue weighted by atomic mass is 9.99. The number of hydrogen-bond acceptors (Lipinski definition) is 4. The summed E-state index contributed by atoms with van der Waals surface area (Å²) in [6, 6.07) is 9.23. The molecule has 0 aromatic heterocycles. The van der Waals surface area contributed by atoms with Crippen LogP contribution in [0, 0.1) is 5.92 Å². The molecule has 0 radical (unpaired) electrons. The first-order valence-electron chi connectivity index (χ1n) is 6.90. The normalized spacial score (nSPS) is 29.3. The van der Waals surface area contributed by atoms with Gasteiger partial charge in [0.1, 0.15) is 0 Å². The van der Waals surface area contributed by atoms with Gasteiger partial charge in [0, 0.05) is 18.8 Å². The monoisotopic (exact) mass is 310 g/mol. The SMILES string of the molecule is CS(=O)(=O)N1C[C@H]2C[C@H](C(=O)Nc3ccccc3)[C@@H](C1)O2. The van der Waals surface area contributed by atoms with E-state index in [1.807, 2.05) is 30.3 Å². The average molecular weight is 310 g/mol. The van der Waals surface area contributed by atoms with Gasteiger partial charge in [-0.3, -0.25) is 4.79 Å². The number of carbonyl (C=O) groups is 1. The molecule has 0 spiro atoms. The number of benzene rings is 1. The van der Waals surface area contributed by atoms with Crippen molar-refractivity contribution in [3.63, 3.8) is 0 Å². The van der Waals surface area contributed by atoms with Gasteiger partial charge in [0.2, 0.25) is 15.9 Å². The van der Waals surface area contributed by atoms with Crippen LogP contribution in [0.2, 0.25) is 0 Å². The molecule has 21 heavy (non-hydrogen) atoms. The maximum absolute atomic E-state index is 12.4. The summed E-state index contributed by atoms with van der Waals surface area (Å²) in [7, 11) is -3.24. The van der Waals surface area contributed by atoms with Crippen LogP contribution in [0.1, 0.15) is 6.42 Å². The number of hydrogen-bond donors (Lipinski definition) is 1. The first-order chi connectivity index (χ1) is 9.93. The molecule has 1 N–H and O–H groups in total. The Balaban J connectivity index is 1.69. The van der Waals surface area contributed by atoms with Gasteiger partial charge in [-0.1, -0.05) is 18.2 Å². The molecule has 3 atom stereocenters. The number of nitrogens with one attached hydrogen (secondary N) is 1. The Morgan fingerprint density at radius 1 is 1.29 bits per heavy atom. The van der Waals surface area contributed by atoms with Gasteiger partial charge < -0.3 is 10.1 Å². The Morgan fingerprint density at radius 3 is 2.67 bits per heavy atom. The highest BCUT2D eigenvalue weighted by Crippen LogP contribution is 2.33. The fourth-order valence-electron chi connectivity index (χ4n) is 2.93. The van der Waals surface area contributed by atoms with Crippen LogP contribution in [0.3, 0.4) is 0 Å². The van der Waals surface area contributed by atoms with Crippen LogP contribution in [-0.2, 0) is 19.6 Å². The summed E-state index contributed by atoms with van der Waals surface area (Å²) < 4.78 is 30.4. The fraction of sp³-hybridized carbons (Fsp3) is 0.500. The Bertz CT molecular complexity index is 632. The Labute approximate surface area is 124 Å². The van der Waals surface area contributed by atoms with Crippen LogP contribution in [0.15, 0.2) is 30.3 Å². The van der Waals surface area contributed by atoms with Crippen molar-refractivity contribution in [3.8, 4) is 0 Å². The third-order valence-corrected chi connectivity index (χ3v) is 5.21. The zero-order valence-electron chi connectivity index (χ0n) is 11.7. The summed E-state index contributed by atoms with van der Waals surface area (Å²) in [6.45, 7) is 0.590. The van der Waals surface area contributed by atoms with Gasteiger partial charge in [0.05, 0.1) is 24.4 Å². The highest BCUT2D eigenvalue weighted by molar-refractivity contribution is 7.88. The molecule has 7 heteroatoms. The van der Waals surface area contributed by atoms with E-state index in [-0.39, 0.29) is 30.6 Å². The lowest BCUT2D eigenvalue weighted by Crippen LogP contribution is -2.46. The van der Waals surface area contributed by atoms with Crippen molar-refractivity contribution in [2.24, 2.45) is 5.92 Å². The van der Waals surface area contributed by atoms with E-state index in [1.54, 1.807) is 0 Å². The molecule has 2 aliphatic rings. The molecule has 0 unspecified atom stereocenters. The summed E-state index contributed by atoms with van der Waals surface area (Å²) in [6.07, 6.45) is 1.21. The molecule has 1 aromatic carbocycles. The van der Waals surface area contributed by atoms with E-state index in [0.29, 0.717) is 13.0 Å². The second kappa shape index (κ2) is 5.40. The van der Waals surface area contributed by atoms with E-state index in [1.165, 1.54) is 10.6 Å². The summed E-state index contributed by atoms with van der Waals surface area (Å²) in [5.74, 6) is -0.411. The molecule has 1 aromatic rings. The number of rotatable bonds is 3. The summed E-state index contributed by atoms with van der Waals surface area (Å²) in [5, 5.41) is 2.86. The van der Waals surface area contributed by atoms with E-state index in [9.17, 15) is 13.2 Å². The van der Waals surface area contributed by atoms with E-state index >= 15 is 0 Å². The molecule has 2 heterocycles. The second-order valence-electron chi connectivity index (χ2n) is 5.57. The maximum atomic E-state index is 12.4. The molecule has 3 rings (SSSR count). The third-order valence-electron chi connectivity index (χ3n) is 3.97. The zero-order valence-corrected chi connectivity index (χ0v) is 12.5. The van der Waals surface area contributed by atoms with E-state index in [2.05, 4.69) is 5.32 Å². The molecule has 6 nitrogen and oxygen atoms in total. The fourth-order valence-corrected chi connectivity index (χ4v) is 3.78. The predicted molar refractivity (Wildman–Crippen MR) is 78.3 cm³/mol. The number of amides is 1. The standard InChI is InChI=1S/C14H18N2O4S/c1-21(18,19)16-8-11-7-12(13(9-16)20-11)14(17)15-10-5-3-2-4-6-10/h2-6,11-13H,7-9H2,1H3,(H,15,17)/t11-,12+,13-/m1/s1. The van der Waals surface area contributed by atoms with Crippen molar-refractivity contribution >= 4 is 21.6 Å². The Kier molecular flexibility index (Phi) is 3.73. The molecule has 1 amide bonds.